The van der Waals surface area contributed by atoms with Crippen LogP contribution in [0.15, 0.2) is 77.7 Å². The highest BCUT2D eigenvalue weighted by atomic mass is 35.5. The van der Waals surface area contributed by atoms with Gasteiger partial charge >= 0.3 is 0 Å². The van der Waals surface area contributed by atoms with Crippen molar-refractivity contribution in [3.8, 4) is 0 Å². The second-order valence-corrected chi connectivity index (χ2v) is 9.28. The van der Waals surface area contributed by atoms with Crippen LogP contribution in [0.2, 0.25) is 5.02 Å². The third kappa shape index (κ3) is 5.69. The number of amides is 1. The Balaban J connectivity index is 1.88. The number of carbonyl (C=O) groups excluding carboxylic acids is 1. The van der Waals surface area contributed by atoms with Crippen molar-refractivity contribution in [1.29, 1.82) is 0 Å². The average molecular weight is 443 g/mol. The van der Waals surface area contributed by atoms with Gasteiger partial charge in [0, 0.05) is 10.7 Å². The van der Waals surface area contributed by atoms with Crippen LogP contribution in [-0.4, -0.2) is 20.4 Å². The second-order valence-electron chi connectivity index (χ2n) is 7.13. The van der Waals surface area contributed by atoms with Crippen LogP contribution in [0, 0.1) is 13.8 Å². The second kappa shape index (κ2) is 9.43. The van der Waals surface area contributed by atoms with E-state index >= 15 is 0 Å². The van der Waals surface area contributed by atoms with Crippen LogP contribution in [0.5, 0.6) is 0 Å². The standard InChI is InChI=1S/C23H23ClN2O3S/c1-16-8-9-17(2)21(14-16)25-23(27)22(15-18-6-4-3-5-7-18)26-30(28,29)20-12-10-19(24)11-13-20/h3-14,22,26H,15H2,1-2H3,(H,25,27). The number of sulfonamides is 1. The summed E-state index contributed by atoms with van der Waals surface area (Å²) in [6, 6.07) is 19.8. The molecule has 3 rings (SSSR count). The summed E-state index contributed by atoms with van der Waals surface area (Å²) < 4.78 is 28.3. The maximum Gasteiger partial charge on any atom is 0.242 e. The van der Waals surface area contributed by atoms with Crippen LogP contribution in [0.4, 0.5) is 5.69 Å². The Morgan fingerprint density at radius 1 is 0.967 bits per heavy atom. The first-order valence-electron chi connectivity index (χ1n) is 9.44. The van der Waals surface area contributed by atoms with Gasteiger partial charge in [-0.15, -0.1) is 0 Å². The lowest BCUT2D eigenvalue weighted by molar-refractivity contribution is -0.117. The number of halogens is 1. The van der Waals surface area contributed by atoms with Crippen molar-refractivity contribution in [3.05, 3.63) is 94.5 Å². The molecular formula is C23H23ClN2O3S. The molecule has 0 spiro atoms. The molecule has 0 saturated heterocycles. The van der Waals surface area contributed by atoms with Crippen molar-refractivity contribution < 1.29 is 13.2 Å². The molecule has 3 aromatic rings. The zero-order valence-electron chi connectivity index (χ0n) is 16.7. The molecule has 0 radical (unpaired) electrons. The average Bonchev–Trinajstić information content (AvgIpc) is 2.71. The fraction of sp³-hybridized carbons (Fsp3) is 0.174. The molecule has 1 atom stereocenters. The monoisotopic (exact) mass is 442 g/mol. The summed E-state index contributed by atoms with van der Waals surface area (Å²) >= 11 is 5.86. The van der Waals surface area contributed by atoms with Gasteiger partial charge in [0.1, 0.15) is 6.04 Å². The van der Waals surface area contributed by atoms with Crippen LogP contribution in [0.1, 0.15) is 16.7 Å². The van der Waals surface area contributed by atoms with Gasteiger partial charge in [0.15, 0.2) is 0 Å². The summed E-state index contributed by atoms with van der Waals surface area (Å²) in [6.45, 7) is 3.82. The fourth-order valence-electron chi connectivity index (χ4n) is 3.00. The van der Waals surface area contributed by atoms with E-state index in [1.54, 1.807) is 0 Å². The third-order valence-corrected chi connectivity index (χ3v) is 6.41. The molecule has 0 bridgehead atoms. The number of aryl methyl sites for hydroxylation is 2. The highest BCUT2D eigenvalue weighted by Gasteiger charge is 2.26. The Hall–Kier alpha value is -2.67. The van der Waals surface area contributed by atoms with E-state index < -0.39 is 22.0 Å². The Bertz CT molecular complexity index is 1130. The molecule has 156 valence electrons. The Morgan fingerprint density at radius 2 is 1.63 bits per heavy atom. The number of hydrogen-bond donors (Lipinski definition) is 2. The number of nitrogens with one attached hydrogen (secondary N) is 2. The lowest BCUT2D eigenvalue weighted by atomic mass is 10.1. The minimum atomic E-state index is -3.92. The summed E-state index contributed by atoms with van der Waals surface area (Å²) in [6.07, 6.45) is 0.213. The molecule has 0 heterocycles. The van der Waals surface area contributed by atoms with E-state index in [1.807, 2.05) is 62.4 Å². The Morgan fingerprint density at radius 3 is 2.30 bits per heavy atom. The smallest absolute Gasteiger partial charge is 0.242 e. The van der Waals surface area contributed by atoms with Gasteiger partial charge < -0.3 is 5.32 Å². The third-order valence-electron chi connectivity index (χ3n) is 4.67. The normalized spacial score (nSPS) is 12.4. The summed E-state index contributed by atoms with van der Waals surface area (Å²) in [5.41, 5.74) is 3.39. The minimum Gasteiger partial charge on any atom is -0.324 e. The minimum absolute atomic E-state index is 0.0458. The molecule has 0 aliphatic heterocycles. The van der Waals surface area contributed by atoms with Gasteiger partial charge in [-0.1, -0.05) is 54.1 Å². The fourth-order valence-corrected chi connectivity index (χ4v) is 4.32. The Kier molecular flexibility index (Phi) is 6.92. The number of anilines is 1. The van der Waals surface area contributed by atoms with Crippen LogP contribution < -0.4 is 10.0 Å². The highest BCUT2D eigenvalue weighted by Crippen LogP contribution is 2.19. The first-order chi connectivity index (χ1) is 14.2. The van der Waals surface area contributed by atoms with Crippen LogP contribution in [0.3, 0.4) is 0 Å². The maximum absolute atomic E-state index is 13.1. The highest BCUT2D eigenvalue weighted by molar-refractivity contribution is 7.89. The van der Waals surface area contributed by atoms with Gasteiger partial charge in [-0.05, 0) is 67.3 Å². The molecule has 0 fully saturated rings. The Labute approximate surface area is 182 Å². The number of carbonyl (C=O) groups is 1. The number of rotatable bonds is 7. The summed E-state index contributed by atoms with van der Waals surface area (Å²) in [7, 11) is -3.92. The van der Waals surface area contributed by atoms with Gasteiger partial charge in [-0.25, -0.2) is 8.42 Å². The van der Waals surface area contributed by atoms with Crippen molar-refractivity contribution in [2.75, 3.05) is 5.32 Å². The van der Waals surface area contributed by atoms with Crippen LogP contribution in [-0.2, 0) is 21.2 Å². The van der Waals surface area contributed by atoms with E-state index in [0.717, 1.165) is 16.7 Å². The number of hydrogen-bond acceptors (Lipinski definition) is 3. The lowest BCUT2D eigenvalue weighted by Crippen LogP contribution is -2.45. The quantitative estimate of drug-likeness (QED) is 0.566. The maximum atomic E-state index is 13.1. The summed E-state index contributed by atoms with van der Waals surface area (Å²) in [5.74, 6) is -0.426. The predicted octanol–water partition coefficient (Wildman–Crippen LogP) is 4.49. The van der Waals surface area contributed by atoms with Gasteiger partial charge in [-0.2, -0.15) is 4.72 Å². The molecule has 1 unspecified atom stereocenters. The zero-order valence-corrected chi connectivity index (χ0v) is 18.3. The van der Waals surface area contributed by atoms with Crippen molar-refractivity contribution in [3.63, 3.8) is 0 Å². The zero-order chi connectivity index (χ0) is 21.7. The first-order valence-corrected chi connectivity index (χ1v) is 11.3. The van der Waals surface area contributed by atoms with Crippen LogP contribution >= 0.6 is 11.6 Å². The first kappa shape index (κ1) is 22.0. The van der Waals surface area contributed by atoms with E-state index in [-0.39, 0.29) is 11.3 Å². The van der Waals surface area contributed by atoms with E-state index in [1.165, 1.54) is 24.3 Å². The molecule has 3 aromatic carbocycles. The number of benzene rings is 3. The molecule has 1 amide bonds. The van der Waals surface area contributed by atoms with Gasteiger partial charge in [0.05, 0.1) is 4.90 Å². The van der Waals surface area contributed by atoms with E-state index in [4.69, 9.17) is 11.6 Å². The van der Waals surface area contributed by atoms with E-state index in [9.17, 15) is 13.2 Å². The van der Waals surface area contributed by atoms with Gasteiger partial charge in [0.2, 0.25) is 15.9 Å². The van der Waals surface area contributed by atoms with Crippen molar-refractivity contribution in [2.45, 2.75) is 31.2 Å². The predicted molar refractivity (Wildman–Crippen MR) is 120 cm³/mol. The molecule has 7 heteroatoms. The molecule has 0 aromatic heterocycles. The van der Waals surface area contributed by atoms with Gasteiger partial charge in [0.25, 0.3) is 0 Å². The topological polar surface area (TPSA) is 75.3 Å². The largest absolute Gasteiger partial charge is 0.324 e. The van der Waals surface area contributed by atoms with Crippen molar-refractivity contribution >= 4 is 33.2 Å². The molecular weight excluding hydrogens is 420 g/mol. The molecule has 2 N–H and O–H groups in total. The molecule has 30 heavy (non-hydrogen) atoms. The van der Waals surface area contributed by atoms with Crippen molar-refractivity contribution in [2.24, 2.45) is 0 Å². The molecule has 0 aliphatic rings. The molecule has 0 saturated carbocycles. The molecule has 0 aliphatic carbocycles. The SMILES string of the molecule is Cc1ccc(C)c(NC(=O)C(Cc2ccccc2)NS(=O)(=O)c2ccc(Cl)cc2)c1. The summed E-state index contributed by atoms with van der Waals surface area (Å²) in [4.78, 5) is 13.1. The molecule has 5 nitrogen and oxygen atoms in total. The van der Waals surface area contributed by atoms with Gasteiger partial charge in [-0.3, -0.25) is 4.79 Å². The van der Waals surface area contributed by atoms with Crippen LogP contribution in [0.25, 0.3) is 0 Å². The van der Waals surface area contributed by atoms with E-state index in [0.29, 0.717) is 10.7 Å². The van der Waals surface area contributed by atoms with E-state index in [2.05, 4.69) is 10.0 Å². The summed E-state index contributed by atoms with van der Waals surface area (Å²) in [5, 5.41) is 3.30. The van der Waals surface area contributed by atoms with Crippen molar-refractivity contribution in [1.82, 2.24) is 4.72 Å². The lowest BCUT2D eigenvalue weighted by Gasteiger charge is -2.20.